The van der Waals surface area contributed by atoms with E-state index in [-0.39, 0.29) is 18.0 Å². The van der Waals surface area contributed by atoms with Crippen LogP contribution in [0.25, 0.3) is 10.9 Å². The maximum Gasteiger partial charge on any atom is 0.253 e. The number of amides is 1. The van der Waals surface area contributed by atoms with E-state index in [0.717, 1.165) is 17.4 Å². The van der Waals surface area contributed by atoms with Crippen molar-refractivity contribution in [2.75, 3.05) is 13.1 Å². The van der Waals surface area contributed by atoms with E-state index in [9.17, 15) is 4.79 Å². The Bertz CT molecular complexity index is 821. The molecule has 1 amide bonds. The van der Waals surface area contributed by atoms with Crippen molar-refractivity contribution in [2.24, 2.45) is 17.6 Å². The maximum atomic E-state index is 12.6. The fourth-order valence-corrected chi connectivity index (χ4v) is 4.66. The number of piperidine rings is 1. The number of benzene rings is 1. The number of fused-ring (bicyclic) bond motifs is 2. The first kappa shape index (κ1) is 16.8. The van der Waals surface area contributed by atoms with Gasteiger partial charge in [0.25, 0.3) is 5.91 Å². The maximum absolute atomic E-state index is 12.6. The van der Waals surface area contributed by atoms with E-state index < -0.39 is 5.00 Å². The minimum atomic E-state index is -0.501. The Morgan fingerprint density at radius 1 is 1.44 bits per heavy atom. The Morgan fingerprint density at radius 3 is 2.88 bits per heavy atom. The van der Waals surface area contributed by atoms with Crippen LogP contribution in [0, 0.1) is 11.8 Å². The first-order valence-corrected chi connectivity index (χ1v) is 9.15. The van der Waals surface area contributed by atoms with Crippen molar-refractivity contribution in [3.05, 3.63) is 42.1 Å². The van der Waals surface area contributed by atoms with Crippen LogP contribution in [0.5, 0.6) is 0 Å². The molecule has 0 aliphatic carbocycles. The normalized spacial score (nSPS) is 33.5. The predicted octanol–water partition coefficient (Wildman–Crippen LogP) is 2.20. The van der Waals surface area contributed by atoms with Gasteiger partial charge < -0.3 is 11.1 Å². The third kappa shape index (κ3) is 2.53. The molecule has 5 nitrogen and oxygen atoms in total. The summed E-state index contributed by atoms with van der Waals surface area (Å²) in [6.07, 6.45) is 1.70. The van der Waals surface area contributed by atoms with Crippen molar-refractivity contribution >= 4 is 28.4 Å². The number of hydrogen-bond acceptors (Lipinski definition) is 4. The van der Waals surface area contributed by atoms with E-state index >= 15 is 0 Å². The highest BCUT2D eigenvalue weighted by molar-refractivity contribution is 6.27. The zero-order valence-electron chi connectivity index (χ0n) is 14.4. The van der Waals surface area contributed by atoms with E-state index in [1.165, 1.54) is 0 Å². The summed E-state index contributed by atoms with van der Waals surface area (Å²) >= 11 is 6.76. The number of carbonyl (C=O) groups excluding carboxylic acids is 1. The largest absolute Gasteiger partial charge is 0.350 e. The van der Waals surface area contributed by atoms with Gasteiger partial charge in [-0.1, -0.05) is 43.6 Å². The lowest BCUT2D eigenvalue weighted by Gasteiger charge is -2.25. The summed E-state index contributed by atoms with van der Waals surface area (Å²) in [5.74, 6) is 0.798. The van der Waals surface area contributed by atoms with E-state index in [1.807, 2.05) is 24.3 Å². The molecule has 4 rings (SSSR count). The lowest BCUT2D eigenvalue weighted by molar-refractivity contribution is 0.0953. The predicted molar refractivity (Wildman–Crippen MR) is 99.5 cm³/mol. The minimum Gasteiger partial charge on any atom is -0.350 e. The van der Waals surface area contributed by atoms with Gasteiger partial charge in [0.05, 0.1) is 17.1 Å². The number of halogens is 1. The second-order valence-corrected chi connectivity index (χ2v) is 8.03. The monoisotopic (exact) mass is 358 g/mol. The average molecular weight is 359 g/mol. The molecule has 3 heterocycles. The summed E-state index contributed by atoms with van der Waals surface area (Å²) < 4.78 is 0. The van der Waals surface area contributed by atoms with Gasteiger partial charge in [-0.2, -0.15) is 0 Å². The van der Waals surface area contributed by atoms with Gasteiger partial charge in [0.1, 0.15) is 5.00 Å². The fourth-order valence-electron chi connectivity index (χ4n) is 4.17. The molecule has 2 saturated heterocycles. The molecule has 2 aromatic rings. The second kappa shape index (κ2) is 5.94. The Kier molecular flexibility index (Phi) is 3.98. The van der Waals surface area contributed by atoms with Crippen LogP contribution >= 0.6 is 11.6 Å². The first-order valence-electron chi connectivity index (χ1n) is 8.77. The molecule has 1 aromatic carbocycles. The Hall–Kier alpha value is -1.69. The van der Waals surface area contributed by atoms with Crippen molar-refractivity contribution in [2.45, 2.75) is 30.9 Å². The average Bonchev–Trinajstić information content (AvgIpc) is 3.09. The van der Waals surface area contributed by atoms with Gasteiger partial charge >= 0.3 is 0 Å². The number of nitrogens with one attached hydrogen (secondary N) is 1. The van der Waals surface area contributed by atoms with Crippen LogP contribution in [0.1, 0.15) is 24.2 Å². The molecule has 0 radical (unpaired) electrons. The van der Waals surface area contributed by atoms with Crippen LogP contribution in [0.2, 0.25) is 0 Å². The molecule has 2 aliphatic rings. The summed E-state index contributed by atoms with van der Waals surface area (Å²) in [6, 6.07) is 9.49. The van der Waals surface area contributed by atoms with Crippen LogP contribution < -0.4 is 11.1 Å². The molecule has 2 aliphatic heterocycles. The number of para-hydroxylation sites is 1. The topological polar surface area (TPSA) is 71.0 Å². The number of pyridine rings is 1. The summed E-state index contributed by atoms with van der Waals surface area (Å²) in [5, 5.41) is 3.97. The molecular weight excluding hydrogens is 336 g/mol. The van der Waals surface area contributed by atoms with E-state index in [4.69, 9.17) is 17.3 Å². The lowest BCUT2D eigenvalue weighted by atomic mass is 9.87. The lowest BCUT2D eigenvalue weighted by Crippen LogP contribution is -2.44. The summed E-state index contributed by atoms with van der Waals surface area (Å²) in [7, 11) is 0. The Morgan fingerprint density at radius 2 is 2.20 bits per heavy atom. The summed E-state index contributed by atoms with van der Waals surface area (Å²) in [6.45, 7) is 5.77. The summed E-state index contributed by atoms with van der Waals surface area (Å²) in [5.41, 5.74) is 7.69. The number of aromatic nitrogens is 1. The standard InChI is InChI=1S/C19H23ClN4O/c1-11(2)14-10-24-15(19(24,20)17(14)21)9-23-18(25)13-7-3-5-12-6-4-8-22-16(12)13/h3-8,11,14-15,17H,9-10,21H2,1-2H3,(H,23,25). The number of rotatable bonds is 4. The molecule has 3 N–H and O–H groups in total. The van der Waals surface area contributed by atoms with Crippen molar-refractivity contribution in [3.63, 3.8) is 0 Å². The van der Waals surface area contributed by atoms with Crippen LogP contribution in [0.4, 0.5) is 0 Å². The van der Waals surface area contributed by atoms with Gasteiger partial charge in [-0.3, -0.25) is 14.7 Å². The number of nitrogens with zero attached hydrogens (tertiary/aromatic N) is 2. The quantitative estimate of drug-likeness (QED) is 0.499. The van der Waals surface area contributed by atoms with Crippen molar-refractivity contribution in [1.82, 2.24) is 15.2 Å². The SMILES string of the molecule is CC(C)C1CN2C(CNC(=O)c3cccc4cccnc34)C2(Cl)C1N. The zero-order chi connectivity index (χ0) is 17.8. The van der Waals surface area contributed by atoms with Crippen molar-refractivity contribution in [3.8, 4) is 0 Å². The molecule has 132 valence electrons. The van der Waals surface area contributed by atoms with Crippen LogP contribution in [-0.2, 0) is 0 Å². The second-order valence-electron chi connectivity index (χ2n) is 7.42. The highest BCUT2D eigenvalue weighted by atomic mass is 35.5. The third-order valence-electron chi connectivity index (χ3n) is 5.74. The molecule has 5 atom stereocenters. The van der Waals surface area contributed by atoms with Crippen LogP contribution in [-0.4, -0.2) is 46.0 Å². The number of carbonyl (C=O) groups is 1. The van der Waals surface area contributed by atoms with Crippen LogP contribution in [0.15, 0.2) is 36.5 Å². The van der Waals surface area contributed by atoms with Crippen molar-refractivity contribution in [1.29, 1.82) is 0 Å². The smallest absolute Gasteiger partial charge is 0.253 e. The molecule has 0 spiro atoms. The zero-order valence-corrected chi connectivity index (χ0v) is 15.2. The molecule has 1 aromatic heterocycles. The highest BCUT2D eigenvalue weighted by Crippen LogP contribution is 2.55. The van der Waals surface area contributed by atoms with Gasteiger partial charge in [-0.15, -0.1) is 0 Å². The fraction of sp³-hybridized carbons (Fsp3) is 0.474. The number of hydrogen-bond donors (Lipinski definition) is 2. The van der Waals surface area contributed by atoms with E-state index in [1.54, 1.807) is 12.3 Å². The van der Waals surface area contributed by atoms with E-state index in [2.05, 4.69) is 29.0 Å². The molecular formula is C19H23ClN4O. The minimum absolute atomic E-state index is 0.0599. The molecule has 0 saturated carbocycles. The summed E-state index contributed by atoms with van der Waals surface area (Å²) in [4.78, 5) is 18.7. The van der Waals surface area contributed by atoms with Gasteiger partial charge in [-0.05, 0) is 24.0 Å². The molecule has 5 unspecified atom stereocenters. The first-order chi connectivity index (χ1) is 11.9. The highest BCUT2D eigenvalue weighted by Gasteiger charge is 2.71. The van der Waals surface area contributed by atoms with Crippen molar-refractivity contribution < 1.29 is 4.79 Å². The van der Waals surface area contributed by atoms with Gasteiger partial charge in [-0.25, -0.2) is 0 Å². The molecule has 25 heavy (non-hydrogen) atoms. The Balaban J connectivity index is 1.44. The molecule has 6 heteroatoms. The number of alkyl halides is 1. The molecule has 0 bridgehead atoms. The van der Waals surface area contributed by atoms with E-state index in [0.29, 0.717) is 23.9 Å². The third-order valence-corrected chi connectivity index (χ3v) is 6.46. The van der Waals surface area contributed by atoms with Gasteiger partial charge in [0.15, 0.2) is 0 Å². The van der Waals surface area contributed by atoms with Gasteiger partial charge in [0, 0.05) is 30.7 Å². The van der Waals surface area contributed by atoms with Crippen LogP contribution in [0.3, 0.4) is 0 Å². The molecule has 2 fully saturated rings. The number of nitrogens with two attached hydrogens (primary N) is 1. The Labute approximate surface area is 152 Å². The van der Waals surface area contributed by atoms with Gasteiger partial charge in [0.2, 0.25) is 0 Å².